The van der Waals surface area contributed by atoms with Crippen molar-refractivity contribution in [1.29, 1.82) is 0 Å². The van der Waals surface area contributed by atoms with Crippen molar-refractivity contribution in [3.05, 3.63) is 0 Å². The molecule has 0 spiro atoms. The Kier molecular flexibility index (Phi) is 16.9. The van der Waals surface area contributed by atoms with Crippen LogP contribution in [-0.4, -0.2) is 48.2 Å². The molecule has 0 aliphatic carbocycles. The predicted molar refractivity (Wildman–Crippen MR) is 99.3 cm³/mol. The van der Waals surface area contributed by atoms with Crippen LogP contribution >= 0.6 is 0 Å². The summed E-state index contributed by atoms with van der Waals surface area (Å²) in [4.78, 5) is 0. The Labute approximate surface area is 145 Å². The molecular weight excluding hydrogens is 308 g/mol. The van der Waals surface area contributed by atoms with Crippen LogP contribution in [0.3, 0.4) is 0 Å². The summed E-state index contributed by atoms with van der Waals surface area (Å²) in [6.45, 7) is 12.7. The normalized spacial score (nSPS) is 12.0. The van der Waals surface area contributed by atoms with Crippen molar-refractivity contribution in [2.45, 2.75) is 78.3 Å². The summed E-state index contributed by atoms with van der Waals surface area (Å²) < 4.78 is 23.6. The Morgan fingerprint density at radius 1 is 0.565 bits per heavy atom. The van der Waals surface area contributed by atoms with Crippen molar-refractivity contribution in [1.82, 2.24) is 0 Å². The van der Waals surface area contributed by atoms with E-state index in [1.807, 2.05) is 13.8 Å². The summed E-state index contributed by atoms with van der Waals surface area (Å²) >= 11 is 0. The Hall–Kier alpha value is 0.0569. The van der Waals surface area contributed by atoms with Crippen molar-refractivity contribution in [2.75, 3.05) is 39.6 Å². The van der Waals surface area contributed by atoms with E-state index in [0.29, 0.717) is 26.4 Å². The fourth-order valence-electron chi connectivity index (χ4n) is 2.61. The molecule has 0 unspecified atom stereocenters. The standard InChI is InChI=1S/C18H40O4Si/c1-5-9-11-17-23(18-12-10-6-2,21-15-13-19-7-3)22-16-14-20-8-4/h5-18H2,1-4H3. The van der Waals surface area contributed by atoms with Gasteiger partial charge < -0.3 is 18.3 Å². The van der Waals surface area contributed by atoms with Crippen molar-refractivity contribution in [3.63, 3.8) is 0 Å². The third-order valence-electron chi connectivity index (χ3n) is 3.92. The third-order valence-corrected chi connectivity index (χ3v) is 7.61. The van der Waals surface area contributed by atoms with Gasteiger partial charge in [0.1, 0.15) is 0 Å². The molecule has 0 aliphatic heterocycles. The molecule has 0 radical (unpaired) electrons. The van der Waals surface area contributed by atoms with E-state index in [4.69, 9.17) is 18.3 Å². The third kappa shape index (κ3) is 13.1. The fourth-order valence-corrected chi connectivity index (χ4v) is 6.00. The number of rotatable bonds is 18. The summed E-state index contributed by atoms with van der Waals surface area (Å²) in [5.74, 6) is 0. The van der Waals surface area contributed by atoms with Crippen molar-refractivity contribution in [2.24, 2.45) is 0 Å². The van der Waals surface area contributed by atoms with Gasteiger partial charge in [0.05, 0.1) is 26.4 Å². The molecule has 0 amide bonds. The summed E-state index contributed by atoms with van der Waals surface area (Å²) in [6, 6.07) is 2.20. The van der Waals surface area contributed by atoms with Gasteiger partial charge >= 0.3 is 8.56 Å². The van der Waals surface area contributed by atoms with E-state index in [2.05, 4.69) is 13.8 Å². The number of unbranched alkanes of at least 4 members (excludes halogenated alkanes) is 4. The highest BCUT2D eigenvalue weighted by atomic mass is 28.4. The molecule has 4 nitrogen and oxygen atoms in total. The Morgan fingerprint density at radius 3 is 1.35 bits per heavy atom. The molecule has 0 saturated carbocycles. The minimum atomic E-state index is -2.13. The van der Waals surface area contributed by atoms with Gasteiger partial charge in [0.25, 0.3) is 0 Å². The van der Waals surface area contributed by atoms with Gasteiger partial charge in [-0.15, -0.1) is 0 Å². The molecule has 0 aromatic carbocycles. The van der Waals surface area contributed by atoms with Crippen LogP contribution in [0.1, 0.15) is 66.2 Å². The molecule has 0 saturated heterocycles. The van der Waals surface area contributed by atoms with Crippen LogP contribution in [0.25, 0.3) is 0 Å². The first-order chi connectivity index (χ1) is 11.2. The Balaban J connectivity index is 4.55. The molecule has 0 aromatic rings. The van der Waals surface area contributed by atoms with Gasteiger partial charge in [-0.2, -0.15) is 0 Å². The van der Waals surface area contributed by atoms with Crippen molar-refractivity contribution in [3.8, 4) is 0 Å². The van der Waals surface area contributed by atoms with Crippen molar-refractivity contribution >= 4 is 8.56 Å². The SMILES string of the molecule is CCCCC[Si](CCCCC)(OCCOCC)OCCOCC. The Morgan fingerprint density at radius 2 is 1.00 bits per heavy atom. The topological polar surface area (TPSA) is 36.9 Å². The van der Waals surface area contributed by atoms with Crippen LogP contribution in [-0.2, 0) is 18.3 Å². The van der Waals surface area contributed by atoms with Crippen molar-refractivity contribution < 1.29 is 18.3 Å². The maximum absolute atomic E-state index is 6.34. The molecule has 0 aliphatic rings. The van der Waals surface area contributed by atoms with E-state index in [0.717, 1.165) is 25.3 Å². The van der Waals surface area contributed by atoms with Gasteiger partial charge in [0, 0.05) is 13.2 Å². The zero-order valence-electron chi connectivity index (χ0n) is 16.0. The first kappa shape index (κ1) is 23.1. The maximum Gasteiger partial charge on any atom is 0.338 e. The fraction of sp³-hybridized carbons (Fsp3) is 1.00. The smallest absolute Gasteiger partial charge is 0.338 e. The molecule has 0 aromatic heterocycles. The monoisotopic (exact) mass is 348 g/mol. The molecule has 140 valence electrons. The summed E-state index contributed by atoms with van der Waals surface area (Å²) in [5.41, 5.74) is 0. The lowest BCUT2D eigenvalue weighted by Gasteiger charge is -2.31. The van der Waals surface area contributed by atoms with E-state index >= 15 is 0 Å². The Bertz CT molecular complexity index is 215. The quantitative estimate of drug-likeness (QED) is 0.260. The van der Waals surface area contributed by atoms with E-state index in [9.17, 15) is 0 Å². The van der Waals surface area contributed by atoms with Gasteiger partial charge in [-0.3, -0.25) is 0 Å². The summed E-state index contributed by atoms with van der Waals surface area (Å²) in [6.07, 6.45) is 7.39. The first-order valence-corrected chi connectivity index (χ1v) is 11.9. The van der Waals surface area contributed by atoms with Gasteiger partial charge in [-0.05, 0) is 25.9 Å². The van der Waals surface area contributed by atoms with Crippen LogP contribution in [0.5, 0.6) is 0 Å². The van der Waals surface area contributed by atoms with Gasteiger partial charge in [-0.1, -0.05) is 52.4 Å². The number of hydrogen-bond donors (Lipinski definition) is 0. The predicted octanol–water partition coefficient (Wildman–Crippen LogP) is 4.92. The molecule has 0 heterocycles. The lowest BCUT2D eigenvalue weighted by atomic mass is 10.3. The van der Waals surface area contributed by atoms with Crippen LogP contribution in [0.4, 0.5) is 0 Å². The zero-order chi connectivity index (χ0) is 17.2. The molecule has 0 fully saturated rings. The largest absolute Gasteiger partial charge is 0.392 e. The van der Waals surface area contributed by atoms with Gasteiger partial charge in [-0.25, -0.2) is 0 Å². The van der Waals surface area contributed by atoms with Crippen LogP contribution in [0.15, 0.2) is 0 Å². The molecule has 0 N–H and O–H groups in total. The van der Waals surface area contributed by atoms with Crippen LogP contribution in [0.2, 0.25) is 12.1 Å². The molecule has 0 bridgehead atoms. The summed E-state index contributed by atoms with van der Waals surface area (Å²) in [5, 5.41) is 0. The molecule has 0 atom stereocenters. The van der Waals surface area contributed by atoms with E-state index in [1.165, 1.54) is 38.5 Å². The lowest BCUT2D eigenvalue weighted by Crippen LogP contribution is -2.44. The van der Waals surface area contributed by atoms with E-state index in [1.54, 1.807) is 0 Å². The maximum atomic E-state index is 6.34. The minimum absolute atomic E-state index is 0.660. The van der Waals surface area contributed by atoms with Crippen LogP contribution < -0.4 is 0 Å². The molecule has 23 heavy (non-hydrogen) atoms. The summed E-state index contributed by atoms with van der Waals surface area (Å²) in [7, 11) is -2.13. The van der Waals surface area contributed by atoms with Crippen LogP contribution in [0, 0.1) is 0 Å². The number of hydrogen-bond acceptors (Lipinski definition) is 4. The molecular formula is C18H40O4Si. The second-order valence-corrected chi connectivity index (χ2v) is 9.31. The highest BCUT2D eigenvalue weighted by Gasteiger charge is 2.36. The second-order valence-electron chi connectivity index (χ2n) is 5.92. The lowest BCUT2D eigenvalue weighted by molar-refractivity contribution is 0.0637. The number of ether oxygens (including phenoxy) is 2. The minimum Gasteiger partial charge on any atom is -0.392 e. The second kappa shape index (κ2) is 16.9. The molecule has 0 rings (SSSR count). The average Bonchev–Trinajstić information content (AvgIpc) is 2.56. The van der Waals surface area contributed by atoms with E-state index < -0.39 is 8.56 Å². The van der Waals surface area contributed by atoms with Gasteiger partial charge in [0.15, 0.2) is 0 Å². The zero-order valence-corrected chi connectivity index (χ0v) is 17.0. The average molecular weight is 349 g/mol. The highest BCUT2D eigenvalue weighted by Crippen LogP contribution is 2.25. The first-order valence-electron chi connectivity index (χ1n) is 9.68. The highest BCUT2D eigenvalue weighted by molar-refractivity contribution is 6.67. The van der Waals surface area contributed by atoms with Gasteiger partial charge in [0.2, 0.25) is 0 Å². The van der Waals surface area contributed by atoms with E-state index in [-0.39, 0.29) is 0 Å². The molecule has 5 heteroatoms.